The molecule has 2 rings (SSSR count). The minimum Gasteiger partial charge on any atom is -0.444 e. The largest absolute Gasteiger partial charge is 0.444 e. The Hall–Kier alpha value is -1.26. The summed E-state index contributed by atoms with van der Waals surface area (Å²) in [6.07, 6.45) is 4.65. The van der Waals surface area contributed by atoms with Crippen LogP contribution in [0, 0.1) is 11.8 Å². The Bertz CT molecular complexity index is 430. The van der Waals surface area contributed by atoms with Crippen molar-refractivity contribution in [2.24, 2.45) is 11.8 Å². The maximum Gasteiger partial charge on any atom is 0.410 e. The highest BCUT2D eigenvalue weighted by Crippen LogP contribution is 2.31. The monoisotopic (exact) mass is 324 g/mol. The van der Waals surface area contributed by atoms with Crippen LogP contribution in [0.1, 0.15) is 59.8 Å². The van der Waals surface area contributed by atoms with Gasteiger partial charge in [-0.15, -0.1) is 0 Å². The first kappa shape index (κ1) is 18.1. The molecule has 0 aliphatic carbocycles. The average molecular weight is 324 g/mol. The first-order chi connectivity index (χ1) is 10.8. The molecule has 23 heavy (non-hydrogen) atoms. The topological polar surface area (TPSA) is 49.9 Å². The van der Waals surface area contributed by atoms with Crippen LogP contribution in [-0.2, 0) is 9.53 Å². The highest BCUT2D eigenvalue weighted by molar-refractivity contribution is 5.76. The lowest BCUT2D eigenvalue weighted by Gasteiger charge is -2.36. The Morgan fingerprint density at radius 2 is 1.70 bits per heavy atom. The van der Waals surface area contributed by atoms with Gasteiger partial charge in [0.25, 0.3) is 0 Å². The van der Waals surface area contributed by atoms with E-state index in [2.05, 4.69) is 6.92 Å². The maximum atomic E-state index is 12.2. The van der Waals surface area contributed by atoms with Crippen molar-refractivity contribution < 1.29 is 14.3 Å². The van der Waals surface area contributed by atoms with Crippen LogP contribution in [0.3, 0.4) is 0 Å². The zero-order chi connectivity index (χ0) is 17.0. The van der Waals surface area contributed by atoms with E-state index in [1.54, 1.807) is 0 Å². The molecule has 0 aromatic rings. The Labute approximate surface area is 140 Å². The molecular formula is C18H32N2O3. The molecule has 2 amide bonds. The van der Waals surface area contributed by atoms with E-state index >= 15 is 0 Å². The Morgan fingerprint density at radius 1 is 1.04 bits per heavy atom. The van der Waals surface area contributed by atoms with Gasteiger partial charge in [-0.1, -0.05) is 6.92 Å². The molecule has 0 radical (unpaired) electrons. The van der Waals surface area contributed by atoms with Crippen LogP contribution in [-0.4, -0.2) is 53.6 Å². The van der Waals surface area contributed by atoms with E-state index in [0.29, 0.717) is 24.2 Å². The van der Waals surface area contributed by atoms with Gasteiger partial charge in [0.05, 0.1) is 0 Å². The summed E-state index contributed by atoms with van der Waals surface area (Å²) in [5, 5.41) is 0. The number of amides is 2. The standard InChI is InChI=1S/C18H32N2O3/c1-5-7-16(21)19-10-6-8-14(12-19)15-9-11-20(13-15)17(22)23-18(2,3)4/h14-15H,5-13H2,1-4H3. The summed E-state index contributed by atoms with van der Waals surface area (Å²) in [6, 6.07) is 0. The highest BCUT2D eigenvalue weighted by Gasteiger charge is 2.36. The average Bonchev–Trinajstić information content (AvgIpc) is 2.96. The van der Waals surface area contributed by atoms with Gasteiger partial charge in [-0.05, 0) is 58.3 Å². The predicted molar refractivity (Wildman–Crippen MR) is 90.1 cm³/mol. The van der Waals surface area contributed by atoms with Crippen molar-refractivity contribution in [1.29, 1.82) is 0 Å². The van der Waals surface area contributed by atoms with Gasteiger partial charge in [0.1, 0.15) is 5.60 Å². The van der Waals surface area contributed by atoms with Crippen LogP contribution in [0.25, 0.3) is 0 Å². The second kappa shape index (κ2) is 7.54. The van der Waals surface area contributed by atoms with E-state index in [-0.39, 0.29) is 6.09 Å². The summed E-state index contributed by atoms with van der Waals surface area (Å²) in [4.78, 5) is 28.2. The fourth-order valence-corrected chi connectivity index (χ4v) is 3.66. The number of likely N-dealkylation sites (tertiary alicyclic amines) is 2. The van der Waals surface area contributed by atoms with Gasteiger partial charge in [0.2, 0.25) is 5.91 Å². The quantitative estimate of drug-likeness (QED) is 0.800. The fourth-order valence-electron chi connectivity index (χ4n) is 3.66. The van der Waals surface area contributed by atoms with E-state index in [9.17, 15) is 9.59 Å². The molecule has 5 nitrogen and oxygen atoms in total. The molecule has 2 fully saturated rings. The maximum absolute atomic E-state index is 12.2. The van der Waals surface area contributed by atoms with Crippen LogP contribution < -0.4 is 0 Å². The van der Waals surface area contributed by atoms with Gasteiger partial charge in [0, 0.05) is 32.6 Å². The van der Waals surface area contributed by atoms with Crippen molar-refractivity contribution in [1.82, 2.24) is 9.80 Å². The molecule has 0 saturated carbocycles. The molecule has 132 valence electrons. The molecule has 2 unspecified atom stereocenters. The normalized spacial score (nSPS) is 25.6. The van der Waals surface area contributed by atoms with Gasteiger partial charge >= 0.3 is 6.09 Å². The lowest BCUT2D eigenvalue weighted by Crippen LogP contribution is -2.43. The lowest BCUT2D eigenvalue weighted by molar-refractivity contribution is -0.133. The van der Waals surface area contributed by atoms with Crippen molar-refractivity contribution in [3.8, 4) is 0 Å². The number of hydrogen-bond donors (Lipinski definition) is 0. The van der Waals surface area contributed by atoms with Gasteiger partial charge in [-0.2, -0.15) is 0 Å². The Morgan fingerprint density at radius 3 is 2.35 bits per heavy atom. The van der Waals surface area contributed by atoms with E-state index in [1.807, 2.05) is 30.6 Å². The summed E-state index contributed by atoms with van der Waals surface area (Å²) < 4.78 is 5.47. The van der Waals surface area contributed by atoms with Crippen molar-refractivity contribution in [3.63, 3.8) is 0 Å². The first-order valence-corrected chi connectivity index (χ1v) is 9.06. The van der Waals surface area contributed by atoms with Crippen molar-refractivity contribution >= 4 is 12.0 Å². The van der Waals surface area contributed by atoms with Crippen LogP contribution >= 0.6 is 0 Å². The molecule has 2 saturated heterocycles. The van der Waals surface area contributed by atoms with Crippen molar-refractivity contribution in [2.75, 3.05) is 26.2 Å². The van der Waals surface area contributed by atoms with Crippen LogP contribution in [0.15, 0.2) is 0 Å². The van der Waals surface area contributed by atoms with Crippen molar-refractivity contribution in [3.05, 3.63) is 0 Å². The lowest BCUT2D eigenvalue weighted by atomic mass is 9.85. The third kappa shape index (κ3) is 5.11. The van der Waals surface area contributed by atoms with E-state index < -0.39 is 5.60 Å². The van der Waals surface area contributed by atoms with Gasteiger partial charge in [-0.25, -0.2) is 4.79 Å². The third-order valence-electron chi connectivity index (χ3n) is 4.82. The molecule has 2 atom stereocenters. The molecule has 0 aromatic carbocycles. The molecule has 0 bridgehead atoms. The predicted octanol–water partition coefficient (Wildman–Crippen LogP) is 3.28. The van der Waals surface area contributed by atoms with E-state index in [0.717, 1.165) is 45.4 Å². The Balaban J connectivity index is 1.86. The number of nitrogens with zero attached hydrogens (tertiary/aromatic N) is 2. The van der Waals surface area contributed by atoms with Crippen LogP contribution in [0.2, 0.25) is 0 Å². The number of ether oxygens (including phenoxy) is 1. The summed E-state index contributed by atoms with van der Waals surface area (Å²) in [6.45, 7) is 11.1. The minimum absolute atomic E-state index is 0.199. The molecule has 2 heterocycles. The van der Waals surface area contributed by atoms with E-state index in [4.69, 9.17) is 4.74 Å². The first-order valence-electron chi connectivity index (χ1n) is 9.06. The van der Waals surface area contributed by atoms with Crippen LogP contribution in [0.4, 0.5) is 4.79 Å². The zero-order valence-corrected chi connectivity index (χ0v) is 15.1. The van der Waals surface area contributed by atoms with Gasteiger partial charge in [0.15, 0.2) is 0 Å². The summed E-state index contributed by atoms with van der Waals surface area (Å²) in [7, 11) is 0. The molecule has 0 N–H and O–H groups in total. The summed E-state index contributed by atoms with van der Waals surface area (Å²) in [5.74, 6) is 1.32. The van der Waals surface area contributed by atoms with Crippen LogP contribution in [0.5, 0.6) is 0 Å². The second-order valence-corrected chi connectivity index (χ2v) is 7.97. The highest BCUT2D eigenvalue weighted by atomic mass is 16.6. The number of hydrogen-bond acceptors (Lipinski definition) is 3. The third-order valence-corrected chi connectivity index (χ3v) is 4.82. The molecule has 2 aliphatic rings. The molecule has 0 aromatic heterocycles. The minimum atomic E-state index is -0.441. The second-order valence-electron chi connectivity index (χ2n) is 7.97. The van der Waals surface area contributed by atoms with Gasteiger partial charge < -0.3 is 14.5 Å². The molecule has 5 heteroatoms. The summed E-state index contributed by atoms with van der Waals surface area (Å²) >= 11 is 0. The Kier molecular flexibility index (Phi) is 5.93. The van der Waals surface area contributed by atoms with E-state index in [1.165, 1.54) is 6.42 Å². The SMILES string of the molecule is CCCC(=O)N1CCCC(C2CCN(C(=O)OC(C)(C)C)C2)C1. The molecule has 0 spiro atoms. The number of carbonyl (C=O) groups is 2. The van der Waals surface area contributed by atoms with Gasteiger partial charge in [-0.3, -0.25) is 4.79 Å². The fraction of sp³-hybridized carbons (Fsp3) is 0.889. The molecular weight excluding hydrogens is 292 g/mol. The van der Waals surface area contributed by atoms with Crippen molar-refractivity contribution in [2.45, 2.75) is 65.4 Å². The number of rotatable bonds is 3. The number of carbonyl (C=O) groups excluding carboxylic acids is 2. The smallest absolute Gasteiger partial charge is 0.410 e. The zero-order valence-electron chi connectivity index (χ0n) is 15.1. The number of piperidine rings is 1. The molecule has 2 aliphatic heterocycles. The summed E-state index contributed by atoms with van der Waals surface area (Å²) in [5.41, 5.74) is -0.441.